The molecule has 2 aromatic carbocycles. The SMILES string of the molecule is O=C1CCC(N2Cc3c(NCc4cnc(-c5ccccc5OC(F)(F)F)o4)cccc3C2=O)C(=O)N1. The van der Waals surface area contributed by atoms with Crippen molar-refractivity contribution >= 4 is 23.4 Å². The Morgan fingerprint density at radius 1 is 1.11 bits per heavy atom. The Labute approximate surface area is 202 Å². The fourth-order valence-corrected chi connectivity index (χ4v) is 4.30. The van der Waals surface area contributed by atoms with Crippen molar-refractivity contribution in [2.24, 2.45) is 0 Å². The van der Waals surface area contributed by atoms with Crippen LogP contribution in [0.25, 0.3) is 11.5 Å². The van der Waals surface area contributed by atoms with Crippen LogP contribution >= 0.6 is 0 Å². The van der Waals surface area contributed by atoms with Gasteiger partial charge >= 0.3 is 6.36 Å². The molecule has 0 aliphatic carbocycles. The number of hydrogen-bond acceptors (Lipinski definition) is 7. The number of imide groups is 1. The number of halogens is 3. The maximum Gasteiger partial charge on any atom is 0.573 e. The van der Waals surface area contributed by atoms with E-state index in [1.54, 1.807) is 24.3 Å². The largest absolute Gasteiger partial charge is 0.573 e. The molecule has 9 nitrogen and oxygen atoms in total. The summed E-state index contributed by atoms with van der Waals surface area (Å²) in [6.45, 7) is 0.325. The number of aromatic nitrogens is 1. The van der Waals surface area contributed by atoms with E-state index in [4.69, 9.17) is 4.42 Å². The summed E-state index contributed by atoms with van der Waals surface area (Å²) in [7, 11) is 0. The molecule has 0 radical (unpaired) electrons. The molecule has 0 saturated carbocycles. The third-order valence-corrected chi connectivity index (χ3v) is 5.93. The first-order valence-electron chi connectivity index (χ1n) is 11.0. The highest BCUT2D eigenvalue weighted by atomic mass is 19.4. The first-order chi connectivity index (χ1) is 17.2. The first-order valence-corrected chi connectivity index (χ1v) is 11.0. The maximum absolute atomic E-state index is 13.0. The molecule has 1 atom stereocenters. The van der Waals surface area contributed by atoms with Gasteiger partial charge in [-0.3, -0.25) is 19.7 Å². The van der Waals surface area contributed by atoms with Gasteiger partial charge in [0.15, 0.2) is 0 Å². The summed E-state index contributed by atoms with van der Waals surface area (Å²) in [5.74, 6) is -1.28. The van der Waals surface area contributed by atoms with Crippen LogP contribution in [0.3, 0.4) is 0 Å². The number of carbonyl (C=O) groups excluding carboxylic acids is 3. The molecule has 3 heterocycles. The van der Waals surface area contributed by atoms with Gasteiger partial charge in [-0.2, -0.15) is 0 Å². The lowest BCUT2D eigenvalue weighted by Crippen LogP contribution is -2.52. The number of oxazole rings is 1. The average molecular weight is 500 g/mol. The second-order valence-electron chi connectivity index (χ2n) is 8.26. The zero-order valence-electron chi connectivity index (χ0n) is 18.6. The van der Waals surface area contributed by atoms with Gasteiger partial charge in [-0.15, -0.1) is 13.2 Å². The number of anilines is 1. The van der Waals surface area contributed by atoms with Crippen LogP contribution in [-0.2, 0) is 22.7 Å². The molecule has 1 fully saturated rings. The smallest absolute Gasteiger partial charge is 0.439 e. The molecule has 1 aromatic heterocycles. The third kappa shape index (κ3) is 4.61. The molecule has 3 aromatic rings. The van der Waals surface area contributed by atoms with Crippen LogP contribution in [0.2, 0.25) is 0 Å². The molecule has 2 aliphatic rings. The zero-order valence-corrected chi connectivity index (χ0v) is 18.6. The highest BCUT2D eigenvalue weighted by Gasteiger charge is 2.40. The molecule has 1 unspecified atom stereocenters. The molecular formula is C24H19F3N4O5. The minimum atomic E-state index is -4.86. The van der Waals surface area contributed by atoms with Crippen molar-refractivity contribution in [1.29, 1.82) is 0 Å². The van der Waals surface area contributed by atoms with E-state index in [-0.39, 0.29) is 49.2 Å². The molecule has 2 N–H and O–H groups in total. The van der Waals surface area contributed by atoms with Gasteiger partial charge in [0.25, 0.3) is 5.91 Å². The van der Waals surface area contributed by atoms with Crippen molar-refractivity contribution in [1.82, 2.24) is 15.2 Å². The van der Waals surface area contributed by atoms with Crippen LogP contribution < -0.4 is 15.4 Å². The van der Waals surface area contributed by atoms with Crippen LogP contribution in [0.5, 0.6) is 5.75 Å². The average Bonchev–Trinajstić information content (AvgIpc) is 3.42. The predicted octanol–water partition coefficient (Wildman–Crippen LogP) is 3.61. The zero-order chi connectivity index (χ0) is 25.4. The highest BCUT2D eigenvalue weighted by molar-refractivity contribution is 6.06. The number of ether oxygens (including phenoxy) is 1. The molecule has 186 valence electrons. The standard InChI is InChI=1S/C24H19F3N4O5/c25-24(26,27)36-19-7-2-1-4-15(19)22-29-11-13(35-22)10-28-17-6-3-5-14-16(17)12-31(23(14)34)18-8-9-20(32)30-21(18)33/h1-7,11,18,28H,8-10,12H2,(H,30,32,33). The molecule has 3 amide bonds. The topological polar surface area (TPSA) is 114 Å². The van der Waals surface area contributed by atoms with Gasteiger partial charge in [0, 0.05) is 29.8 Å². The number of hydrogen-bond donors (Lipinski definition) is 2. The number of alkyl halides is 3. The lowest BCUT2D eigenvalue weighted by molar-refractivity contribution is -0.274. The normalized spacial score (nSPS) is 17.7. The second-order valence-corrected chi connectivity index (χ2v) is 8.26. The minimum Gasteiger partial charge on any atom is -0.439 e. The quantitative estimate of drug-likeness (QED) is 0.497. The van der Waals surface area contributed by atoms with Crippen molar-refractivity contribution in [3.63, 3.8) is 0 Å². The van der Waals surface area contributed by atoms with E-state index in [1.807, 2.05) is 0 Å². The van der Waals surface area contributed by atoms with Crippen molar-refractivity contribution in [3.8, 4) is 17.2 Å². The summed E-state index contributed by atoms with van der Waals surface area (Å²) >= 11 is 0. The minimum absolute atomic E-state index is 0.0378. The molecule has 0 bridgehead atoms. The van der Waals surface area contributed by atoms with Gasteiger partial charge in [-0.05, 0) is 30.7 Å². The summed E-state index contributed by atoms with van der Waals surface area (Å²) in [5.41, 5.74) is 1.82. The Morgan fingerprint density at radius 3 is 2.67 bits per heavy atom. The summed E-state index contributed by atoms with van der Waals surface area (Å²) in [4.78, 5) is 42.2. The molecule has 5 rings (SSSR count). The second kappa shape index (κ2) is 9.02. The lowest BCUT2D eigenvalue weighted by Gasteiger charge is -2.29. The van der Waals surface area contributed by atoms with Crippen molar-refractivity contribution in [3.05, 3.63) is 65.5 Å². The number of nitrogens with zero attached hydrogens (tertiary/aromatic N) is 2. The lowest BCUT2D eigenvalue weighted by atomic mass is 10.0. The number of para-hydroxylation sites is 1. The van der Waals surface area contributed by atoms with E-state index < -0.39 is 24.1 Å². The summed E-state index contributed by atoms with van der Waals surface area (Å²) in [6.07, 6.45) is -3.06. The Balaban J connectivity index is 1.31. The number of amides is 3. The van der Waals surface area contributed by atoms with Crippen LogP contribution in [0.1, 0.15) is 34.5 Å². The van der Waals surface area contributed by atoms with E-state index in [0.717, 1.165) is 0 Å². The Kier molecular flexibility index (Phi) is 5.86. The van der Waals surface area contributed by atoms with Crippen LogP contribution in [0.15, 0.2) is 53.1 Å². The van der Waals surface area contributed by atoms with Gasteiger partial charge in [0.05, 0.1) is 18.3 Å². The number of benzene rings is 2. The van der Waals surface area contributed by atoms with Gasteiger partial charge in [-0.25, -0.2) is 4.98 Å². The fraction of sp³-hybridized carbons (Fsp3) is 0.250. The Morgan fingerprint density at radius 2 is 1.89 bits per heavy atom. The van der Waals surface area contributed by atoms with E-state index >= 15 is 0 Å². The van der Waals surface area contributed by atoms with E-state index in [1.165, 1.54) is 29.3 Å². The van der Waals surface area contributed by atoms with Crippen LogP contribution in [-0.4, -0.2) is 40.0 Å². The number of carbonyl (C=O) groups is 3. The van der Waals surface area contributed by atoms with Crippen molar-refractivity contribution < 1.29 is 36.7 Å². The Hall–Kier alpha value is -4.35. The van der Waals surface area contributed by atoms with E-state index in [2.05, 4.69) is 20.4 Å². The van der Waals surface area contributed by atoms with E-state index in [0.29, 0.717) is 22.6 Å². The van der Waals surface area contributed by atoms with Crippen molar-refractivity contribution in [2.45, 2.75) is 38.3 Å². The third-order valence-electron chi connectivity index (χ3n) is 5.93. The van der Waals surface area contributed by atoms with Gasteiger partial charge < -0.3 is 19.4 Å². The van der Waals surface area contributed by atoms with Gasteiger partial charge in [-0.1, -0.05) is 18.2 Å². The fourth-order valence-electron chi connectivity index (χ4n) is 4.30. The molecule has 0 spiro atoms. The number of rotatable bonds is 6. The summed E-state index contributed by atoms with van der Waals surface area (Å²) < 4.78 is 47.9. The molecule has 1 saturated heterocycles. The first kappa shape index (κ1) is 23.4. The van der Waals surface area contributed by atoms with Crippen LogP contribution in [0.4, 0.5) is 18.9 Å². The maximum atomic E-state index is 13.0. The monoisotopic (exact) mass is 500 g/mol. The number of piperidine rings is 1. The molecular weight excluding hydrogens is 481 g/mol. The predicted molar refractivity (Wildman–Crippen MR) is 118 cm³/mol. The molecule has 12 heteroatoms. The summed E-state index contributed by atoms with van der Waals surface area (Å²) in [5, 5.41) is 5.43. The van der Waals surface area contributed by atoms with Gasteiger partial charge in [0.2, 0.25) is 17.7 Å². The number of nitrogens with one attached hydrogen (secondary N) is 2. The van der Waals surface area contributed by atoms with Gasteiger partial charge in [0.1, 0.15) is 17.6 Å². The highest BCUT2D eigenvalue weighted by Crippen LogP contribution is 2.35. The number of fused-ring (bicyclic) bond motifs is 1. The van der Waals surface area contributed by atoms with E-state index in [9.17, 15) is 27.6 Å². The molecule has 36 heavy (non-hydrogen) atoms. The molecule has 2 aliphatic heterocycles. The summed E-state index contributed by atoms with van der Waals surface area (Å²) in [6, 6.07) is 9.93. The van der Waals surface area contributed by atoms with Crippen LogP contribution in [0, 0.1) is 0 Å². The van der Waals surface area contributed by atoms with Crippen molar-refractivity contribution in [2.75, 3.05) is 5.32 Å². The Bertz CT molecular complexity index is 1350.